The Balaban J connectivity index is 1.69. The number of aryl methyl sites for hydroxylation is 4. The molecular formula is C20H24N4O6S. The minimum absolute atomic E-state index is 0.0165. The lowest BCUT2D eigenvalue weighted by Gasteiger charge is -2.11. The second kappa shape index (κ2) is 8.50. The maximum atomic E-state index is 12.7. The molecule has 0 radical (unpaired) electrons. The van der Waals surface area contributed by atoms with Crippen molar-refractivity contribution in [1.82, 2.24) is 19.6 Å². The summed E-state index contributed by atoms with van der Waals surface area (Å²) in [4.78, 5) is 36.0. The zero-order chi connectivity index (χ0) is 22.9. The fourth-order valence-corrected chi connectivity index (χ4v) is 4.63. The summed E-state index contributed by atoms with van der Waals surface area (Å²) >= 11 is 0. The zero-order valence-corrected chi connectivity index (χ0v) is 18.6. The van der Waals surface area contributed by atoms with Gasteiger partial charge < -0.3 is 19.0 Å². The number of aromatic nitrogens is 3. The molecule has 0 spiro atoms. The number of carbonyl (C=O) groups excluding carboxylic acids is 1. The molecule has 0 atom stereocenters. The highest BCUT2D eigenvalue weighted by atomic mass is 32.2. The van der Waals surface area contributed by atoms with E-state index in [9.17, 15) is 22.8 Å². The van der Waals surface area contributed by atoms with Crippen molar-refractivity contribution < 1.29 is 17.7 Å². The molecule has 2 aromatic heterocycles. The maximum Gasteiger partial charge on any atom is 0.316 e. The van der Waals surface area contributed by atoms with E-state index >= 15 is 0 Å². The van der Waals surface area contributed by atoms with Crippen LogP contribution < -0.4 is 16.4 Å². The summed E-state index contributed by atoms with van der Waals surface area (Å²) in [6.45, 7) is 3.95. The molecular weight excluding hydrogens is 424 g/mol. The molecule has 1 amide bonds. The van der Waals surface area contributed by atoms with Crippen LogP contribution in [0.3, 0.4) is 0 Å². The van der Waals surface area contributed by atoms with Gasteiger partial charge >= 0.3 is 11.1 Å². The van der Waals surface area contributed by atoms with Gasteiger partial charge in [0.05, 0.1) is 27.4 Å². The van der Waals surface area contributed by atoms with Gasteiger partial charge in [-0.25, -0.2) is 8.42 Å². The Morgan fingerprint density at radius 2 is 1.74 bits per heavy atom. The number of fused-ring (bicyclic) bond motifs is 1. The first-order chi connectivity index (χ1) is 14.5. The summed E-state index contributed by atoms with van der Waals surface area (Å²) in [5.74, 6) is -0.0708. The van der Waals surface area contributed by atoms with Gasteiger partial charge in [-0.1, -0.05) is 5.16 Å². The molecule has 0 saturated carbocycles. The molecule has 0 aliphatic heterocycles. The predicted molar refractivity (Wildman–Crippen MR) is 114 cm³/mol. The van der Waals surface area contributed by atoms with Crippen LogP contribution in [0.5, 0.6) is 0 Å². The summed E-state index contributed by atoms with van der Waals surface area (Å²) < 4.78 is 32.8. The Labute approximate surface area is 178 Å². The Morgan fingerprint density at radius 1 is 1.10 bits per heavy atom. The van der Waals surface area contributed by atoms with Gasteiger partial charge in [0.15, 0.2) is 9.84 Å². The second-order valence-electron chi connectivity index (χ2n) is 7.35. The molecule has 0 saturated heterocycles. The lowest BCUT2D eigenvalue weighted by molar-refractivity contribution is -0.120. The monoisotopic (exact) mass is 448 g/mol. The zero-order valence-electron chi connectivity index (χ0n) is 17.8. The Bertz CT molecular complexity index is 1360. The van der Waals surface area contributed by atoms with Gasteiger partial charge in [0.2, 0.25) is 5.91 Å². The van der Waals surface area contributed by atoms with E-state index in [0.717, 1.165) is 15.8 Å². The van der Waals surface area contributed by atoms with Crippen LogP contribution in [0.15, 0.2) is 37.2 Å². The number of hydrogen-bond donors (Lipinski definition) is 1. The van der Waals surface area contributed by atoms with Crippen molar-refractivity contribution in [2.45, 2.75) is 31.6 Å². The fraction of sp³-hybridized carbons (Fsp3) is 0.400. The molecule has 0 aliphatic carbocycles. The van der Waals surface area contributed by atoms with Gasteiger partial charge in [0, 0.05) is 32.6 Å². The van der Waals surface area contributed by atoms with Crippen LogP contribution in [-0.4, -0.2) is 40.9 Å². The Morgan fingerprint density at radius 3 is 2.35 bits per heavy atom. The van der Waals surface area contributed by atoms with Crippen molar-refractivity contribution >= 4 is 26.8 Å². The van der Waals surface area contributed by atoms with Crippen molar-refractivity contribution in [2.24, 2.45) is 14.1 Å². The van der Waals surface area contributed by atoms with Crippen LogP contribution in [0.25, 0.3) is 11.0 Å². The molecule has 2 heterocycles. The highest BCUT2D eigenvalue weighted by Crippen LogP contribution is 2.18. The number of sulfone groups is 1. The number of hydrogen-bond acceptors (Lipinski definition) is 7. The van der Waals surface area contributed by atoms with Crippen molar-refractivity contribution in [3.63, 3.8) is 0 Å². The normalized spacial score (nSPS) is 11.7. The quantitative estimate of drug-likeness (QED) is 0.516. The minimum atomic E-state index is -3.77. The largest absolute Gasteiger partial charge is 0.361 e. The molecule has 0 fully saturated rings. The third-order valence-corrected chi connectivity index (χ3v) is 7.01. The van der Waals surface area contributed by atoms with Gasteiger partial charge in [-0.2, -0.15) is 0 Å². The molecule has 1 aromatic carbocycles. The number of rotatable bonds is 7. The average Bonchev–Trinajstić information content (AvgIpc) is 3.06. The molecule has 31 heavy (non-hydrogen) atoms. The number of amides is 1. The molecule has 0 aliphatic rings. The maximum absolute atomic E-state index is 12.7. The third-order valence-electron chi connectivity index (χ3n) is 5.30. The van der Waals surface area contributed by atoms with Crippen LogP contribution in [0.1, 0.15) is 23.4 Å². The standard InChI is InChI=1S/C20H24N4O6S/c1-12-15(13(2)30-22-12)7-9-21-18(25)8-10-31(28,29)14-5-6-16-17(11-14)24(4)20(27)19(26)23(16)3/h5-6,11H,7-10H2,1-4H3,(H,21,25). The molecule has 11 heteroatoms. The number of benzene rings is 1. The van der Waals surface area contributed by atoms with Crippen LogP contribution in [-0.2, 0) is 35.1 Å². The first-order valence-electron chi connectivity index (χ1n) is 9.64. The molecule has 1 N–H and O–H groups in total. The Hall–Kier alpha value is -3.21. The summed E-state index contributed by atoms with van der Waals surface area (Å²) in [7, 11) is -0.907. The molecule has 166 valence electrons. The van der Waals surface area contributed by atoms with Gasteiger partial charge in [0.25, 0.3) is 0 Å². The van der Waals surface area contributed by atoms with E-state index in [1.54, 1.807) is 6.92 Å². The van der Waals surface area contributed by atoms with Crippen molar-refractivity contribution in [1.29, 1.82) is 0 Å². The lowest BCUT2D eigenvalue weighted by atomic mass is 10.1. The van der Waals surface area contributed by atoms with E-state index in [-0.39, 0.29) is 23.0 Å². The fourth-order valence-electron chi connectivity index (χ4n) is 3.37. The van der Waals surface area contributed by atoms with Crippen molar-refractivity contribution in [3.05, 3.63) is 55.9 Å². The molecule has 0 unspecified atom stereocenters. The van der Waals surface area contributed by atoms with E-state index in [4.69, 9.17) is 4.52 Å². The Kier molecular flexibility index (Phi) is 6.16. The topological polar surface area (TPSA) is 133 Å². The van der Waals surface area contributed by atoms with Crippen LogP contribution >= 0.6 is 0 Å². The molecule has 3 rings (SSSR count). The average molecular weight is 449 g/mol. The van der Waals surface area contributed by atoms with Crippen molar-refractivity contribution in [3.8, 4) is 0 Å². The number of nitrogens with one attached hydrogen (secondary N) is 1. The van der Waals surface area contributed by atoms with Crippen LogP contribution in [0, 0.1) is 13.8 Å². The summed E-state index contributed by atoms with van der Waals surface area (Å²) in [6, 6.07) is 4.20. The molecule has 0 bridgehead atoms. The smallest absolute Gasteiger partial charge is 0.316 e. The second-order valence-corrected chi connectivity index (χ2v) is 9.46. The molecule has 10 nitrogen and oxygen atoms in total. The van der Waals surface area contributed by atoms with Crippen molar-refractivity contribution in [2.75, 3.05) is 12.3 Å². The van der Waals surface area contributed by atoms with E-state index in [0.29, 0.717) is 29.8 Å². The van der Waals surface area contributed by atoms with Gasteiger partial charge in [-0.15, -0.1) is 0 Å². The highest BCUT2D eigenvalue weighted by Gasteiger charge is 2.19. The number of nitrogens with zero attached hydrogens (tertiary/aromatic N) is 3. The summed E-state index contributed by atoms with van der Waals surface area (Å²) in [5, 5.41) is 6.56. The van der Waals surface area contributed by atoms with E-state index in [1.807, 2.05) is 6.92 Å². The highest BCUT2D eigenvalue weighted by molar-refractivity contribution is 7.91. The van der Waals surface area contributed by atoms with Crippen LogP contribution in [0.2, 0.25) is 0 Å². The van der Waals surface area contributed by atoms with Gasteiger partial charge in [0.1, 0.15) is 5.76 Å². The van der Waals surface area contributed by atoms with E-state index in [1.165, 1.54) is 36.9 Å². The van der Waals surface area contributed by atoms with Crippen LogP contribution in [0.4, 0.5) is 0 Å². The van der Waals surface area contributed by atoms with E-state index < -0.39 is 21.0 Å². The first-order valence-corrected chi connectivity index (χ1v) is 11.3. The predicted octanol–water partition coefficient (Wildman–Crippen LogP) is 0.365. The van der Waals surface area contributed by atoms with E-state index in [2.05, 4.69) is 10.5 Å². The summed E-state index contributed by atoms with van der Waals surface area (Å²) in [5.41, 5.74) is 0.989. The first kappa shape index (κ1) is 22.5. The van der Waals surface area contributed by atoms with Gasteiger partial charge in [-0.3, -0.25) is 14.4 Å². The minimum Gasteiger partial charge on any atom is -0.361 e. The lowest BCUT2D eigenvalue weighted by Crippen LogP contribution is -2.39. The third kappa shape index (κ3) is 4.46. The SMILES string of the molecule is Cc1noc(C)c1CCNC(=O)CCS(=O)(=O)c1ccc2c(c1)n(C)c(=O)c(=O)n2C. The summed E-state index contributed by atoms with van der Waals surface area (Å²) in [6.07, 6.45) is 0.339. The van der Waals surface area contributed by atoms with Gasteiger partial charge in [-0.05, 0) is 38.5 Å². The molecule has 3 aromatic rings. The number of carbonyl (C=O) groups is 1.